The highest BCUT2D eigenvalue weighted by Gasteiger charge is 2.27. The van der Waals surface area contributed by atoms with Gasteiger partial charge < -0.3 is 4.57 Å². The third-order valence-corrected chi connectivity index (χ3v) is 4.83. The largest absolute Gasteiger partial charge is 0.314 e. The number of piperidine rings is 1. The molecule has 1 saturated heterocycles. The van der Waals surface area contributed by atoms with Gasteiger partial charge in [0.25, 0.3) is 0 Å². The highest BCUT2D eigenvalue weighted by molar-refractivity contribution is 5.98. The van der Waals surface area contributed by atoms with Gasteiger partial charge in [0, 0.05) is 24.6 Å². The number of hydrogen-bond acceptors (Lipinski definition) is 4. The number of Topliss-reactive ketones (excluding diaryl/α,β-unsaturated/α-hetero) is 1. The first-order chi connectivity index (χ1) is 12.1. The van der Waals surface area contributed by atoms with Gasteiger partial charge in [0.1, 0.15) is 17.5 Å². The Bertz CT molecular complexity index is 726. The highest BCUT2D eigenvalue weighted by Crippen LogP contribution is 2.22. The summed E-state index contributed by atoms with van der Waals surface area (Å²) in [5.41, 5.74) is 0.596. The normalized spacial score (nSPS) is 18.4. The molecule has 5 nitrogen and oxygen atoms in total. The zero-order valence-electron chi connectivity index (χ0n) is 14.9. The molecule has 1 aromatic heterocycles. The van der Waals surface area contributed by atoms with E-state index < -0.39 is 0 Å². The van der Waals surface area contributed by atoms with Gasteiger partial charge in [0.05, 0.1) is 6.54 Å². The van der Waals surface area contributed by atoms with Gasteiger partial charge in [0.15, 0.2) is 5.78 Å². The van der Waals surface area contributed by atoms with Crippen LogP contribution in [0.3, 0.4) is 0 Å². The second-order valence-corrected chi connectivity index (χ2v) is 6.76. The van der Waals surface area contributed by atoms with Gasteiger partial charge in [-0.05, 0) is 57.0 Å². The van der Waals surface area contributed by atoms with Crippen LogP contribution in [0.15, 0.2) is 24.3 Å². The Morgan fingerprint density at radius 3 is 2.76 bits per heavy atom. The fraction of sp³-hybridized carbons (Fsp3) is 0.526. The summed E-state index contributed by atoms with van der Waals surface area (Å²) < 4.78 is 15.2. The Hall–Kier alpha value is -2.08. The van der Waals surface area contributed by atoms with E-state index in [2.05, 4.69) is 26.6 Å². The number of carbonyl (C=O) groups is 1. The minimum atomic E-state index is -0.313. The van der Waals surface area contributed by atoms with Crippen LogP contribution < -0.4 is 0 Å². The molecule has 1 atom stereocenters. The number of hydrogen-bond donors (Lipinski definition) is 0. The third-order valence-electron chi connectivity index (χ3n) is 4.83. The van der Waals surface area contributed by atoms with Crippen molar-refractivity contribution in [2.24, 2.45) is 5.92 Å². The second kappa shape index (κ2) is 7.87. The summed E-state index contributed by atoms with van der Waals surface area (Å²) in [6.45, 7) is 7.43. The standard InChI is InChI=1S/C19H25FN4O/c1-3-10-24-14(2)21-22-18(24)13-23-11-4-5-16(12-23)19(25)15-6-8-17(20)9-7-15/h6-9,16H,3-5,10-13H2,1-2H3. The average molecular weight is 344 g/mol. The summed E-state index contributed by atoms with van der Waals surface area (Å²) in [5, 5.41) is 8.51. The number of halogens is 1. The van der Waals surface area contributed by atoms with Crippen LogP contribution in [0.2, 0.25) is 0 Å². The Balaban J connectivity index is 1.67. The van der Waals surface area contributed by atoms with E-state index in [0.717, 1.165) is 44.0 Å². The van der Waals surface area contributed by atoms with E-state index >= 15 is 0 Å². The van der Waals surface area contributed by atoms with Gasteiger partial charge in [-0.3, -0.25) is 9.69 Å². The molecule has 134 valence electrons. The second-order valence-electron chi connectivity index (χ2n) is 6.76. The fourth-order valence-corrected chi connectivity index (χ4v) is 3.52. The summed E-state index contributed by atoms with van der Waals surface area (Å²) in [7, 11) is 0. The monoisotopic (exact) mass is 344 g/mol. The molecule has 1 aliphatic heterocycles. The number of aromatic nitrogens is 3. The van der Waals surface area contributed by atoms with E-state index in [-0.39, 0.29) is 17.5 Å². The van der Waals surface area contributed by atoms with E-state index in [0.29, 0.717) is 18.7 Å². The number of aryl methyl sites for hydroxylation is 1. The van der Waals surface area contributed by atoms with E-state index in [9.17, 15) is 9.18 Å². The Kier molecular flexibility index (Phi) is 5.58. The van der Waals surface area contributed by atoms with Crippen molar-refractivity contribution >= 4 is 5.78 Å². The Labute approximate surface area is 147 Å². The SMILES string of the molecule is CCCn1c(C)nnc1CN1CCCC(C(=O)c2ccc(F)cc2)C1. The predicted molar refractivity (Wildman–Crippen MR) is 93.8 cm³/mol. The zero-order valence-corrected chi connectivity index (χ0v) is 14.9. The molecule has 1 aromatic carbocycles. The smallest absolute Gasteiger partial charge is 0.167 e. The van der Waals surface area contributed by atoms with Crippen molar-refractivity contribution in [2.45, 2.75) is 46.2 Å². The first-order valence-corrected chi connectivity index (χ1v) is 8.99. The zero-order chi connectivity index (χ0) is 17.8. The molecule has 1 unspecified atom stereocenters. The van der Waals surface area contributed by atoms with E-state index in [1.165, 1.54) is 12.1 Å². The lowest BCUT2D eigenvalue weighted by atomic mass is 9.90. The number of rotatable bonds is 6. The van der Waals surface area contributed by atoms with Crippen molar-refractivity contribution in [3.05, 3.63) is 47.3 Å². The predicted octanol–water partition coefficient (Wildman–Crippen LogP) is 3.23. The van der Waals surface area contributed by atoms with Crippen molar-refractivity contribution in [2.75, 3.05) is 13.1 Å². The molecule has 1 fully saturated rings. The molecule has 0 radical (unpaired) electrons. The van der Waals surface area contributed by atoms with Gasteiger partial charge in [-0.1, -0.05) is 6.92 Å². The van der Waals surface area contributed by atoms with Crippen LogP contribution in [-0.4, -0.2) is 38.5 Å². The first kappa shape index (κ1) is 17.7. The number of benzene rings is 1. The molecule has 0 aliphatic carbocycles. The Morgan fingerprint density at radius 1 is 1.28 bits per heavy atom. The third kappa shape index (κ3) is 4.12. The molecule has 2 aromatic rings. The molecular weight excluding hydrogens is 319 g/mol. The van der Waals surface area contributed by atoms with Crippen LogP contribution in [0.5, 0.6) is 0 Å². The van der Waals surface area contributed by atoms with Crippen LogP contribution in [0.1, 0.15) is 48.2 Å². The summed E-state index contributed by atoms with van der Waals surface area (Å²) in [6, 6.07) is 5.86. The molecule has 6 heteroatoms. The van der Waals surface area contributed by atoms with Crippen molar-refractivity contribution < 1.29 is 9.18 Å². The molecule has 0 amide bonds. The van der Waals surface area contributed by atoms with Gasteiger partial charge >= 0.3 is 0 Å². The van der Waals surface area contributed by atoms with E-state index in [1.807, 2.05) is 6.92 Å². The molecule has 25 heavy (non-hydrogen) atoms. The van der Waals surface area contributed by atoms with Gasteiger partial charge in [-0.15, -0.1) is 10.2 Å². The summed E-state index contributed by atoms with van der Waals surface area (Å²) in [4.78, 5) is 15.0. The van der Waals surface area contributed by atoms with Crippen LogP contribution in [0, 0.1) is 18.7 Å². The summed E-state index contributed by atoms with van der Waals surface area (Å²) in [5.74, 6) is 1.66. The molecule has 0 bridgehead atoms. The van der Waals surface area contributed by atoms with Crippen LogP contribution in [0.4, 0.5) is 4.39 Å². The van der Waals surface area contributed by atoms with E-state index in [4.69, 9.17) is 0 Å². The van der Waals surface area contributed by atoms with Gasteiger partial charge in [-0.25, -0.2) is 4.39 Å². The van der Waals surface area contributed by atoms with Crippen molar-refractivity contribution in [3.8, 4) is 0 Å². The van der Waals surface area contributed by atoms with E-state index in [1.54, 1.807) is 12.1 Å². The van der Waals surface area contributed by atoms with Gasteiger partial charge in [-0.2, -0.15) is 0 Å². The molecule has 2 heterocycles. The molecule has 3 rings (SSSR count). The van der Waals surface area contributed by atoms with Crippen LogP contribution >= 0.6 is 0 Å². The maximum atomic E-state index is 13.1. The lowest BCUT2D eigenvalue weighted by molar-refractivity contribution is 0.0807. The molecule has 0 N–H and O–H groups in total. The van der Waals surface area contributed by atoms with Crippen LogP contribution in [0.25, 0.3) is 0 Å². The molecule has 0 saturated carbocycles. The van der Waals surface area contributed by atoms with Crippen LogP contribution in [-0.2, 0) is 13.1 Å². The minimum absolute atomic E-state index is 0.0390. The first-order valence-electron chi connectivity index (χ1n) is 8.99. The maximum absolute atomic E-state index is 13.1. The van der Waals surface area contributed by atoms with Crippen molar-refractivity contribution in [1.82, 2.24) is 19.7 Å². The van der Waals surface area contributed by atoms with Crippen molar-refractivity contribution in [1.29, 1.82) is 0 Å². The van der Waals surface area contributed by atoms with Gasteiger partial charge in [0.2, 0.25) is 0 Å². The molecule has 0 spiro atoms. The Morgan fingerprint density at radius 2 is 2.04 bits per heavy atom. The number of ketones is 1. The average Bonchev–Trinajstić information content (AvgIpc) is 2.96. The lowest BCUT2D eigenvalue weighted by Gasteiger charge is -2.31. The molecular formula is C19H25FN4O. The number of likely N-dealkylation sites (tertiary alicyclic amines) is 1. The summed E-state index contributed by atoms with van der Waals surface area (Å²) in [6.07, 6.45) is 2.91. The summed E-state index contributed by atoms with van der Waals surface area (Å²) >= 11 is 0. The minimum Gasteiger partial charge on any atom is -0.314 e. The highest BCUT2D eigenvalue weighted by atomic mass is 19.1. The quantitative estimate of drug-likeness (QED) is 0.755. The maximum Gasteiger partial charge on any atom is 0.167 e. The van der Waals surface area contributed by atoms with Crippen molar-refractivity contribution in [3.63, 3.8) is 0 Å². The topological polar surface area (TPSA) is 51.0 Å². The lowest BCUT2D eigenvalue weighted by Crippen LogP contribution is -2.38. The number of nitrogens with zero attached hydrogens (tertiary/aromatic N) is 4. The molecule has 1 aliphatic rings. The fourth-order valence-electron chi connectivity index (χ4n) is 3.52. The number of carbonyl (C=O) groups excluding carboxylic acids is 1.